The first-order valence-electron chi connectivity index (χ1n) is 5.76. The minimum atomic E-state index is -1.03. The maximum absolute atomic E-state index is 11.5. The Balaban J connectivity index is 2.21. The van der Waals surface area contributed by atoms with Gasteiger partial charge in [-0.1, -0.05) is 15.9 Å². The van der Waals surface area contributed by atoms with Gasteiger partial charge in [-0.05, 0) is 23.8 Å². The summed E-state index contributed by atoms with van der Waals surface area (Å²) in [5.74, 6) is -0.239. The second kappa shape index (κ2) is 6.43. The van der Waals surface area contributed by atoms with Crippen LogP contribution in [-0.2, 0) is 10.5 Å². The number of nitrogens with two attached hydrogens (primary N) is 1. The van der Waals surface area contributed by atoms with Gasteiger partial charge in [0.2, 0.25) is 0 Å². The minimum absolute atomic E-state index is 0.285. The van der Waals surface area contributed by atoms with E-state index in [9.17, 15) is 9.59 Å². The molecule has 5 nitrogen and oxygen atoms in total. The summed E-state index contributed by atoms with van der Waals surface area (Å²) in [7, 11) is 0. The van der Waals surface area contributed by atoms with Crippen molar-refractivity contribution in [1.82, 2.24) is 0 Å². The van der Waals surface area contributed by atoms with Crippen LogP contribution in [0.1, 0.15) is 5.56 Å². The van der Waals surface area contributed by atoms with E-state index in [2.05, 4.69) is 15.9 Å². The van der Waals surface area contributed by atoms with Crippen molar-refractivity contribution in [3.8, 4) is 0 Å². The van der Waals surface area contributed by atoms with Gasteiger partial charge < -0.3 is 15.3 Å². The second-order valence-electron chi connectivity index (χ2n) is 4.19. The highest BCUT2D eigenvalue weighted by atomic mass is 79.9. The molecule has 3 N–H and O–H groups in total. The minimum Gasteiger partial charge on any atom is -0.480 e. The topological polar surface area (TPSA) is 93.5 Å². The molecule has 0 spiro atoms. The van der Waals surface area contributed by atoms with Gasteiger partial charge in [0.1, 0.15) is 11.6 Å². The molecule has 1 aromatic carbocycles. The normalized spacial score (nSPS) is 12.5. The molecule has 20 heavy (non-hydrogen) atoms. The summed E-state index contributed by atoms with van der Waals surface area (Å²) in [4.78, 5) is 22.1. The first-order valence-corrected chi connectivity index (χ1v) is 7.70. The van der Waals surface area contributed by atoms with E-state index in [1.165, 1.54) is 17.8 Å². The van der Waals surface area contributed by atoms with Gasteiger partial charge in [0.05, 0.1) is 0 Å². The van der Waals surface area contributed by atoms with Crippen molar-refractivity contribution in [2.75, 3.05) is 5.75 Å². The van der Waals surface area contributed by atoms with Gasteiger partial charge in [-0.25, -0.2) is 4.79 Å². The van der Waals surface area contributed by atoms with Gasteiger partial charge in [-0.2, -0.15) is 11.8 Å². The lowest BCUT2D eigenvalue weighted by Gasteiger charge is -2.08. The lowest BCUT2D eigenvalue weighted by Crippen LogP contribution is -2.32. The van der Waals surface area contributed by atoms with Crippen LogP contribution in [0.15, 0.2) is 37.9 Å². The number of fused-ring (bicyclic) bond motifs is 1. The molecular weight excluding hydrogens is 346 g/mol. The fourth-order valence-corrected chi connectivity index (χ4v) is 3.00. The molecule has 0 saturated carbocycles. The molecule has 2 aromatic rings. The zero-order valence-electron chi connectivity index (χ0n) is 10.3. The molecule has 0 unspecified atom stereocenters. The SMILES string of the molecule is N[C@H](CSCc1cc(=O)oc2cc(Br)ccc12)C(=O)O. The molecule has 0 amide bonds. The van der Waals surface area contributed by atoms with Gasteiger partial charge in [-0.3, -0.25) is 4.79 Å². The monoisotopic (exact) mass is 357 g/mol. The summed E-state index contributed by atoms with van der Waals surface area (Å²) in [6.45, 7) is 0. The average molecular weight is 358 g/mol. The van der Waals surface area contributed by atoms with Crippen LogP contribution in [0, 0.1) is 0 Å². The second-order valence-corrected chi connectivity index (χ2v) is 6.14. The van der Waals surface area contributed by atoms with Crippen molar-refractivity contribution in [3.05, 3.63) is 44.7 Å². The van der Waals surface area contributed by atoms with E-state index in [1.54, 1.807) is 6.07 Å². The maximum Gasteiger partial charge on any atom is 0.336 e. The fourth-order valence-electron chi connectivity index (χ4n) is 1.69. The molecule has 0 radical (unpaired) electrons. The van der Waals surface area contributed by atoms with Gasteiger partial charge in [0, 0.05) is 27.4 Å². The number of hydrogen-bond donors (Lipinski definition) is 2. The molecule has 2 rings (SSSR count). The first-order chi connectivity index (χ1) is 9.47. The predicted octanol–water partition coefficient (Wildman–Crippen LogP) is 2.20. The molecule has 0 bridgehead atoms. The number of carbonyl (C=O) groups is 1. The Labute approximate surface area is 127 Å². The number of halogens is 1. The zero-order chi connectivity index (χ0) is 14.7. The molecule has 1 heterocycles. The van der Waals surface area contributed by atoms with Crippen LogP contribution in [-0.4, -0.2) is 22.9 Å². The van der Waals surface area contributed by atoms with Crippen molar-refractivity contribution in [3.63, 3.8) is 0 Å². The summed E-state index contributed by atoms with van der Waals surface area (Å²) in [6, 6.07) is 5.97. The van der Waals surface area contributed by atoms with Crippen molar-refractivity contribution in [1.29, 1.82) is 0 Å². The summed E-state index contributed by atoms with van der Waals surface area (Å²) < 4.78 is 5.96. The quantitative estimate of drug-likeness (QED) is 0.796. The largest absolute Gasteiger partial charge is 0.480 e. The van der Waals surface area contributed by atoms with Crippen molar-refractivity contribution in [2.24, 2.45) is 5.73 Å². The third-order valence-corrected chi connectivity index (χ3v) is 4.27. The van der Waals surface area contributed by atoms with Crippen molar-refractivity contribution >= 4 is 44.6 Å². The number of aliphatic carboxylic acids is 1. The van der Waals surface area contributed by atoms with Crippen LogP contribution in [0.3, 0.4) is 0 Å². The molecular formula is C13H12BrNO4S. The van der Waals surface area contributed by atoms with E-state index in [0.717, 1.165) is 15.4 Å². The third-order valence-electron chi connectivity index (χ3n) is 2.66. The molecule has 106 valence electrons. The summed E-state index contributed by atoms with van der Waals surface area (Å²) in [6.07, 6.45) is 0. The molecule has 1 aromatic heterocycles. The number of benzene rings is 1. The molecule has 0 fully saturated rings. The maximum atomic E-state index is 11.5. The van der Waals surface area contributed by atoms with Crippen molar-refractivity contribution in [2.45, 2.75) is 11.8 Å². The van der Waals surface area contributed by atoms with E-state index in [4.69, 9.17) is 15.3 Å². The van der Waals surface area contributed by atoms with Crippen LogP contribution in [0.25, 0.3) is 11.0 Å². The molecule has 0 aliphatic heterocycles. The summed E-state index contributed by atoms with van der Waals surface area (Å²) in [5, 5.41) is 9.55. The van der Waals surface area contributed by atoms with Crippen LogP contribution < -0.4 is 11.4 Å². The highest BCUT2D eigenvalue weighted by molar-refractivity contribution is 9.10. The first kappa shape index (κ1) is 15.1. The Morgan fingerprint density at radius 2 is 2.20 bits per heavy atom. The molecule has 1 atom stereocenters. The lowest BCUT2D eigenvalue weighted by atomic mass is 10.1. The highest BCUT2D eigenvalue weighted by Crippen LogP contribution is 2.24. The Morgan fingerprint density at radius 3 is 2.90 bits per heavy atom. The van der Waals surface area contributed by atoms with Crippen molar-refractivity contribution < 1.29 is 14.3 Å². The standard InChI is InChI=1S/C13H12BrNO4S/c14-8-1-2-9-7(3-12(16)19-11(9)4-8)5-20-6-10(15)13(17)18/h1-4,10H,5-6,15H2,(H,17,18)/t10-/m1/s1. The van der Waals surface area contributed by atoms with Gasteiger partial charge in [-0.15, -0.1) is 0 Å². The predicted molar refractivity (Wildman–Crippen MR) is 82.0 cm³/mol. The number of thioether (sulfide) groups is 1. The van der Waals surface area contributed by atoms with E-state index in [1.807, 2.05) is 12.1 Å². The molecule has 0 aliphatic carbocycles. The average Bonchev–Trinajstić information content (AvgIpc) is 2.37. The highest BCUT2D eigenvalue weighted by Gasteiger charge is 2.12. The van der Waals surface area contributed by atoms with Crippen LogP contribution >= 0.6 is 27.7 Å². The number of carboxylic acids is 1. The van der Waals surface area contributed by atoms with E-state index < -0.39 is 17.6 Å². The Bertz CT molecular complexity index is 700. The Morgan fingerprint density at radius 1 is 1.45 bits per heavy atom. The zero-order valence-corrected chi connectivity index (χ0v) is 12.7. The van der Waals surface area contributed by atoms with Crippen LogP contribution in [0.4, 0.5) is 0 Å². The Kier molecular flexibility index (Phi) is 4.85. The van der Waals surface area contributed by atoms with E-state index >= 15 is 0 Å². The van der Waals surface area contributed by atoms with Crippen LogP contribution in [0.5, 0.6) is 0 Å². The van der Waals surface area contributed by atoms with E-state index in [0.29, 0.717) is 11.3 Å². The summed E-state index contributed by atoms with van der Waals surface area (Å²) in [5.41, 5.74) is 6.33. The number of hydrogen-bond acceptors (Lipinski definition) is 5. The molecule has 0 saturated heterocycles. The van der Waals surface area contributed by atoms with Crippen LogP contribution in [0.2, 0.25) is 0 Å². The smallest absolute Gasteiger partial charge is 0.336 e. The lowest BCUT2D eigenvalue weighted by molar-refractivity contribution is -0.137. The van der Waals surface area contributed by atoms with Gasteiger partial charge in [0.25, 0.3) is 0 Å². The summed E-state index contributed by atoms with van der Waals surface area (Å²) >= 11 is 4.69. The van der Waals surface area contributed by atoms with E-state index in [-0.39, 0.29) is 5.75 Å². The van der Waals surface area contributed by atoms with Gasteiger partial charge >= 0.3 is 11.6 Å². The van der Waals surface area contributed by atoms with Gasteiger partial charge in [0.15, 0.2) is 0 Å². The molecule has 7 heteroatoms. The number of carboxylic acid groups (broad SMARTS) is 1. The fraction of sp³-hybridized carbons (Fsp3) is 0.231. The Hall–Kier alpha value is -1.31. The molecule has 0 aliphatic rings. The third kappa shape index (κ3) is 3.62. The number of rotatable bonds is 5.